The second kappa shape index (κ2) is 4.65. The Morgan fingerprint density at radius 3 is 1.61 bits per heavy atom. The highest BCUT2D eigenvalue weighted by atomic mass is 35.5. The number of rotatable bonds is 3. The Kier molecular flexibility index (Phi) is 3.76. The van der Waals surface area contributed by atoms with Crippen LogP contribution in [0.5, 0.6) is 0 Å². The van der Waals surface area contributed by atoms with Crippen molar-refractivity contribution < 1.29 is 22.8 Å². The number of nitro benzene ring substituents is 2. The maximum atomic E-state index is 11.0. The molecule has 0 bridgehead atoms. The third-order valence-electron chi connectivity index (χ3n) is 1.77. The van der Waals surface area contributed by atoms with Gasteiger partial charge in [-0.1, -0.05) is 23.2 Å². The lowest BCUT2D eigenvalue weighted by molar-refractivity contribution is -0.394. The van der Waals surface area contributed by atoms with Gasteiger partial charge in [0.2, 0.25) is 0 Å². The Morgan fingerprint density at radius 1 is 1.06 bits per heavy atom. The Morgan fingerprint density at radius 2 is 1.39 bits per heavy atom. The number of nitrogens with zero attached hydrogens (tertiary/aromatic N) is 2. The lowest BCUT2D eigenvalue weighted by atomic mass is 10.3. The van der Waals surface area contributed by atoms with E-state index in [0.29, 0.717) is 6.07 Å². The van der Waals surface area contributed by atoms with Gasteiger partial charge in [-0.3, -0.25) is 24.8 Å². The highest BCUT2D eigenvalue weighted by Crippen LogP contribution is 2.42. The highest BCUT2D eigenvalue weighted by molar-refractivity contribution is 7.86. The van der Waals surface area contributed by atoms with Crippen LogP contribution in [0.15, 0.2) is 11.0 Å². The van der Waals surface area contributed by atoms with Crippen LogP contribution in [-0.4, -0.2) is 22.8 Å². The van der Waals surface area contributed by atoms with Gasteiger partial charge in [-0.05, 0) is 0 Å². The van der Waals surface area contributed by atoms with Gasteiger partial charge in [0.05, 0.1) is 15.9 Å². The Balaban J connectivity index is 3.91. The second-order valence-corrected chi connectivity index (χ2v) is 4.98. The molecule has 1 aromatic rings. The fourth-order valence-electron chi connectivity index (χ4n) is 1.08. The minimum atomic E-state index is -5.05. The minimum Gasteiger partial charge on any atom is -0.282 e. The number of benzene rings is 1. The molecule has 9 nitrogen and oxygen atoms in total. The van der Waals surface area contributed by atoms with Crippen molar-refractivity contribution in [1.29, 1.82) is 0 Å². The molecule has 0 spiro atoms. The third-order valence-corrected chi connectivity index (χ3v) is 3.69. The first kappa shape index (κ1) is 14.6. The molecule has 18 heavy (non-hydrogen) atoms. The molecule has 12 heteroatoms. The molecule has 0 atom stereocenters. The lowest BCUT2D eigenvalue weighted by Crippen LogP contribution is -2.05. The van der Waals surface area contributed by atoms with E-state index in [9.17, 15) is 28.6 Å². The first-order chi connectivity index (χ1) is 8.07. The third kappa shape index (κ3) is 2.51. The van der Waals surface area contributed by atoms with E-state index >= 15 is 0 Å². The van der Waals surface area contributed by atoms with Crippen molar-refractivity contribution in [3.8, 4) is 0 Å². The number of halogens is 2. The zero-order valence-electron chi connectivity index (χ0n) is 8.03. The van der Waals surface area contributed by atoms with Crippen molar-refractivity contribution in [2.45, 2.75) is 4.90 Å². The summed E-state index contributed by atoms with van der Waals surface area (Å²) >= 11 is 10.8. The van der Waals surface area contributed by atoms with Gasteiger partial charge in [0.1, 0.15) is 14.9 Å². The molecule has 1 rings (SSSR count). The van der Waals surface area contributed by atoms with Crippen LogP contribution in [0.2, 0.25) is 10.0 Å². The Bertz CT molecular complexity index is 618. The van der Waals surface area contributed by atoms with Crippen molar-refractivity contribution in [3.05, 3.63) is 36.3 Å². The Hall–Kier alpha value is -1.49. The molecule has 98 valence electrons. The second-order valence-electron chi connectivity index (χ2n) is 2.86. The molecular formula is C6H2Cl2N2O7S. The fourth-order valence-corrected chi connectivity index (χ4v) is 2.81. The smallest absolute Gasteiger partial charge is 0.282 e. The largest absolute Gasteiger partial charge is 0.298 e. The number of hydrogen-bond acceptors (Lipinski definition) is 6. The van der Waals surface area contributed by atoms with Gasteiger partial charge in [-0.2, -0.15) is 8.42 Å². The van der Waals surface area contributed by atoms with E-state index in [1.54, 1.807) is 0 Å². The van der Waals surface area contributed by atoms with E-state index in [2.05, 4.69) is 0 Å². The summed E-state index contributed by atoms with van der Waals surface area (Å²) in [5, 5.41) is 19.1. The van der Waals surface area contributed by atoms with Crippen LogP contribution >= 0.6 is 23.2 Å². The summed E-state index contributed by atoms with van der Waals surface area (Å²) in [7, 11) is -5.05. The van der Waals surface area contributed by atoms with Gasteiger partial charge in [0, 0.05) is 0 Å². The summed E-state index contributed by atoms with van der Waals surface area (Å²) < 4.78 is 30.8. The number of hydrogen-bond donors (Lipinski definition) is 1. The van der Waals surface area contributed by atoms with E-state index in [0.717, 1.165) is 0 Å². The maximum Gasteiger partial charge on any atom is 0.298 e. The molecule has 0 aliphatic carbocycles. The molecule has 0 fully saturated rings. The molecule has 0 unspecified atom stereocenters. The highest BCUT2D eigenvalue weighted by Gasteiger charge is 2.33. The van der Waals surface area contributed by atoms with E-state index in [1.807, 2.05) is 0 Å². The van der Waals surface area contributed by atoms with Gasteiger partial charge in [0.25, 0.3) is 21.5 Å². The predicted molar refractivity (Wildman–Crippen MR) is 59.6 cm³/mol. The van der Waals surface area contributed by atoms with Crippen LogP contribution in [0.1, 0.15) is 0 Å². The van der Waals surface area contributed by atoms with E-state index in [-0.39, 0.29) is 0 Å². The monoisotopic (exact) mass is 316 g/mol. The average molecular weight is 317 g/mol. The minimum absolute atomic E-state index is 0.402. The molecule has 0 radical (unpaired) electrons. The van der Waals surface area contributed by atoms with Crippen LogP contribution in [0.3, 0.4) is 0 Å². The molecule has 0 aliphatic heterocycles. The molecule has 0 heterocycles. The van der Waals surface area contributed by atoms with Crippen molar-refractivity contribution in [1.82, 2.24) is 0 Å². The fraction of sp³-hybridized carbons (Fsp3) is 0. The zero-order valence-corrected chi connectivity index (χ0v) is 10.4. The molecular weight excluding hydrogens is 315 g/mol. The molecule has 1 N–H and O–H groups in total. The summed E-state index contributed by atoms with van der Waals surface area (Å²) in [6.45, 7) is 0. The maximum absolute atomic E-state index is 11.0. The van der Waals surface area contributed by atoms with E-state index in [4.69, 9.17) is 27.8 Å². The topological polar surface area (TPSA) is 141 Å². The molecule has 0 amide bonds. The molecule has 0 aliphatic rings. The van der Waals surface area contributed by atoms with Crippen LogP contribution in [-0.2, 0) is 10.1 Å². The Labute approximate surface area is 109 Å². The summed E-state index contributed by atoms with van der Waals surface area (Å²) in [4.78, 5) is 17.6. The predicted octanol–water partition coefficient (Wildman–Crippen LogP) is 2.06. The molecule has 1 aromatic carbocycles. The van der Waals surface area contributed by atoms with Crippen LogP contribution in [0, 0.1) is 20.2 Å². The van der Waals surface area contributed by atoms with Crippen molar-refractivity contribution in [2.24, 2.45) is 0 Å². The van der Waals surface area contributed by atoms with Crippen molar-refractivity contribution in [3.63, 3.8) is 0 Å². The summed E-state index contributed by atoms with van der Waals surface area (Å²) in [6.07, 6.45) is 0. The summed E-state index contributed by atoms with van der Waals surface area (Å²) in [5.41, 5.74) is -2.11. The first-order valence-corrected chi connectivity index (χ1v) is 6.05. The molecule has 0 saturated carbocycles. The summed E-state index contributed by atoms with van der Waals surface area (Å²) in [5.74, 6) is 0. The summed E-state index contributed by atoms with van der Waals surface area (Å²) in [6, 6.07) is 0.402. The van der Waals surface area contributed by atoms with Gasteiger partial charge >= 0.3 is 0 Å². The van der Waals surface area contributed by atoms with Gasteiger partial charge < -0.3 is 0 Å². The standard InChI is InChI=1S/C6H2Cl2N2O7S/c7-4-2(9(11)12)1-3(10(13)14)5(8)6(4)18(15,16)17/h1H,(H,15,16,17). The molecule has 0 aromatic heterocycles. The quantitative estimate of drug-likeness (QED) is 0.511. The first-order valence-electron chi connectivity index (χ1n) is 3.85. The van der Waals surface area contributed by atoms with Gasteiger partial charge in [0.15, 0.2) is 0 Å². The van der Waals surface area contributed by atoms with E-state index < -0.39 is 46.3 Å². The van der Waals surface area contributed by atoms with Crippen molar-refractivity contribution >= 4 is 44.7 Å². The van der Waals surface area contributed by atoms with Crippen LogP contribution in [0.25, 0.3) is 0 Å². The SMILES string of the molecule is O=[N+]([O-])c1cc([N+](=O)[O-])c(Cl)c(S(=O)(=O)O)c1Cl. The zero-order chi connectivity index (χ0) is 14.2. The lowest BCUT2D eigenvalue weighted by Gasteiger charge is -2.04. The number of nitro groups is 2. The van der Waals surface area contributed by atoms with Crippen LogP contribution < -0.4 is 0 Å². The normalized spacial score (nSPS) is 11.3. The molecule has 0 saturated heterocycles. The van der Waals surface area contributed by atoms with Gasteiger partial charge in [-0.25, -0.2) is 0 Å². The van der Waals surface area contributed by atoms with Crippen molar-refractivity contribution in [2.75, 3.05) is 0 Å². The van der Waals surface area contributed by atoms with E-state index in [1.165, 1.54) is 0 Å². The average Bonchev–Trinajstić information content (AvgIpc) is 2.13. The van der Waals surface area contributed by atoms with Gasteiger partial charge in [-0.15, -0.1) is 0 Å². The van der Waals surface area contributed by atoms with Crippen LogP contribution in [0.4, 0.5) is 11.4 Å².